The second-order valence-electron chi connectivity index (χ2n) is 2.57. The van der Waals surface area contributed by atoms with Crippen LogP contribution < -0.4 is 5.32 Å². The van der Waals surface area contributed by atoms with Gasteiger partial charge >= 0.3 is 7.82 Å². The molecule has 0 atom stereocenters. The van der Waals surface area contributed by atoms with Crippen molar-refractivity contribution in [1.29, 1.82) is 0 Å². The summed E-state index contributed by atoms with van der Waals surface area (Å²) in [5, 5.41) is 3.28. The Bertz CT molecular complexity index is 122. The van der Waals surface area contributed by atoms with Crippen molar-refractivity contribution in [2.75, 3.05) is 13.1 Å². The highest BCUT2D eigenvalue weighted by molar-refractivity contribution is 7.45. The summed E-state index contributed by atoms with van der Waals surface area (Å²) < 4.78 is 8.88. The van der Waals surface area contributed by atoms with Crippen LogP contribution in [-0.4, -0.2) is 27.8 Å². The predicted molar refractivity (Wildman–Crippen MR) is 52.3 cm³/mol. The maximum absolute atomic E-state index is 8.88. The van der Waals surface area contributed by atoms with Gasteiger partial charge in [0.25, 0.3) is 0 Å². The molecule has 0 spiro atoms. The Balaban J connectivity index is 0. The van der Waals surface area contributed by atoms with Gasteiger partial charge in [0.2, 0.25) is 0 Å². The van der Waals surface area contributed by atoms with Gasteiger partial charge in [-0.15, -0.1) is 0 Å². The molecule has 0 fully saturated rings. The molecule has 0 amide bonds. The third-order valence-corrected chi connectivity index (χ3v) is 1.21. The van der Waals surface area contributed by atoms with Crippen LogP contribution in [0.5, 0.6) is 0 Å². The summed E-state index contributed by atoms with van der Waals surface area (Å²) in [4.78, 5) is 21.6. The van der Waals surface area contributed by atoms with Gasteiger partial charge in [0.15, 0.2) is 0 Å². The molecule has 13 heavy (non-hydrogen) atoms. The largest absolute Gasteiger partial charge is 0.466 e. The molecule has 0 rings (SSSR count). The van der Waals surface area contributed by atoms with E-state index in [1.54, 1.807) is 0 Å². The first kappa shape index (κ1) is 15.5. The van der Waals surface area contributed by atoms with Gasteiger partial charge in [0, 0.05) is 0 Å². The van der Waals surface area contributed by atoms with Gasteiger partial charge in [-0.3, -0.25) is 0 Å². The second-order valence-corrected chi connectivity index (χ2v) is 3.60. The highest BCUT2D eigenvalue weighted by Crippen LogP contribution is 2.25. The molecule has 0 heterocycles. The number of phosphoric acid groups is 1. The summed E-state index contributed by atoms with van der Waals surface area (Å²) in [6.07, 6.45) is 4.03. The average Bonchev–Trinajstić information content (AvgIpc) is 1.95. The van der Waals surface area contributed by atoms with E-state index in [1.165, 1.54) is 25.8 Å². The first-order valence-electron chi connectivity index (χ1n) is 4.40. The zero-order valence-electron chi connectivity index (χ0n) is 8.23. The fraction of sp³-hybridized carbons (Fsp3) is 1.00. The van der Waals surface area contributed by atoms with E-state index in [1.807, 2.05) is 0 Å². The van der Waals surface area contributed by atoms with Crippen LogP contribution in [0.25, 0.3) is 0 Å². The summed E-state index contributed by atoms with van der Waals surface area (Å²) in [6, 6.07) is 0. The van der Waals surface area contributed by atoms with E-state index in [0.717, 1.165) is 6.54 Å². The summed E-state index contributed by atoms with van der Waals surface area (Å²) in [5.74, 6) is 0. The standard InChI is InChI=1S/C7H17N.H3O4P/c1-3-5-6-7-8-4-2;1-5(2,3)4/h8H,3-7H2,1-2H3;(H3,1,2,3,4). The highest BCUT2D eigenvalue weighted by atomic mass is 31.2. The molecule has 0 bridgehead atoms. The molecule has 4 N–H and O–H groups in total. The molecule has 0 unspecified atom stereocenters. The molecule has 0 aliphatic carbocycles. The van der Waals surface area contributed by atoms with Crippen LogP contribution in [0.15, 0.2) is 0 Å². The molecule has 0 aromatic carbocycles. The molecule has 0 aliphatic rings. The third-order valence-electron chi connectivity index (χ3n) is 1.21. The van der Waals surface area contributed by atoms with Crippen molar-refractivity contribution >= 4 is 7.82 Å². The van der Waals surface area contributed by atoms with Gasteiger partial charge < -0.3 is 20.0 Å². The first-order valence-corrected chi connectivity index (χ1v) is 5.97. The van der Waals surface area contributed by atoms with E-state index in [9.17, 15) is 0 Å². The van der Waals surface area contributed by atoms with Crippen LogP contribution in [0, 0.1) is 0 Å². The zero-order valence-corrected chi connectivity index (χ0v) is 9.13. The average molecular weight is 213 g/mol. The smallest absolute Gasteiger partial charge is 0.317 e. The predicted octanol–water partition coefficient (Wildman–Crippen LogP) is 0.857. The molecule has 0 saturated carbocycles. The topological polar surface area (TPSA) is 89.8 Å². The Hall–Kier alpha value is 0.0700. The number of hydrogen-bond donors (Lipinski definition) is 4. The molecule has 6 heteroatoms. The Kier molecular flexibility index (Phi) is 12.1. The Morgan fingerprint density at radius 2 is 1.62 bits per heavy atom. The quantitative estimate of drug-likeness (QED) is 0.401. The molecule has 0 saturated heterocycles. The third kappa shape index (κ3) is 47.6. The minimum absolute atomic E-state index is 1.11. The van der Waals surface area contributed by atoms with E-state index in [0.29, 0.717) is 0 Å². The van der Waals surface area contributed by atoms with Crippen molar-refractivity contribution in [3.05, 3.63) is 0 Å². The monoisotopic (exact) mass is 213 g/mol. The van der Waals surface area contributed by atoms with Crippen LogP contribution in [0.1, 0.15) is 33.1 Å². The Morgan fingerprint density at radius 1 is 1.15 bits per heavy atom. The molecular weight excluding hydrogens is 193 g/mol. The summed E-state index contributed by atoms with van der Waals surface area (Å²) >= 11 is 0. The van der Waals surface area contributed by atoms with Gasteiger partial charge in [0.05, 0.1) is 0 Å². The highest BCUT2D eigenvalue weighted by Gasteiger charge is 2.00. The van der Waals surface area contributed by atoms with E-state index in [4.69, 9.17) is 19.2 Å². The Labute approximate surface area is 79.4 Å². The number of rotatable bonds is 5. The van der Waals surface area contributed by atoms with Gasteiger partial charge in [-0.25, -0.2) is 4.57 Å². The number of nitrogens with one attached hydrogen (secondary N) is 1. The summed E-state index contributed by atoms with van der Waals surface area (Å²) in [7, 11) is -4.64. The van der Waals surface area contributed by atoms with E-state index in [2.05, 4.69) is 19.2 Å². The van der Waals surface area contributed by atoms with Gasteiger partial charge in [-0.2, -0.15) is 0 Å². The summed E-state index contributed by atoms with van der Waals surface area (Å²) in [5.41, 5.74) is 0. The lowest BCUT2D eigenvalue weighted by atomic mass is 10.2. The molecular formula is C7H20NO4P. The van der Waals surface area contributed by atoms with E-state index in [-0.39, 0.29) is 0 Å². The van der Waals surface area contributed by atoms with Crippen molar-refractivity contribution in [3.8, 4) is 0 Å². The van der Waals surface area contributed by atoms with Crippen LogP contribution in [0.3, 0.4) is 0 Å². The van der Waals surface area contributed by atoms with Gasteiger partial charge in [-0.1, -0.05) is 26.7 Å². The Morgan fingerprint density at radius 3 is 1.92 bits per heavy atom. The minimum atomic E-state index is -4.64. The maximum atomic E-state index is 8.88. The molecule has 0 aromatic heterocycles. The van der Waals surface area contributed by atoms with Crippen molar-refractivity contribution < 1.29 is 19.2 Å². The molecule has 5 nitrogen and oxygen atoms in total. The normalized spacial score (nSPS) is 10.5. The van der Waals surface area contributed by atoms with Crippen LogP contribution in [0.2, 0.25) is 0 Å². The number of unbranched alkanes of at least 4 members (excludes halogenated alkanes) is 2. The van der Waals surface area contributed by atoms with Crippen molar-refractivity contribution in [2.24, 2.45) is 0 Å². The van der Waals surface area contributed by atoms with Crippen LogP contribution >= 0.6 is 7.82 Å². The van der Waals surface area contributed by atoms with Crippen molar-refractivity contribution in [3.63, 3.8) is 0 Å². The van der Waals surface area contributed by atoms with Crippen molar-refractivity contribution in [1.82, 2.24) is 5.32 Å². The molecule has 0 radical (unpaired) electrons. The fourth-order valence-electron chi connectivity index (χ4n) is 0.677. The van der Waals surface area contributed by atoms with Crippen LogP contribution in [0.4, 0.5) is 0 Å². The zero-order chi connectivity index (χ0) is 10.7. The fourth-order valence-corrected chi connectivity index (χ4v) is 0.677. The van der Waals surface area contributed by atoms with E-state index < -0.39 is 7.82 Å². The van der Waals surface area contributed by atoms with Gasteiger partial charge in [-0.05, 0) is 19.5 Å². The first-order chi connectivity index (χ1) is 5.91. The SMILES string of the molecule is CCCCCNCC.O=P(O)(O)O. The lowest BCUT2D eigenvalue weighted by molar-refractivity contribution is 0.275. The number of hydrogen-bond acceptors (Lipinski definition) is 2. The lowest BCUT2D eigenvalue weighted by Gasteiger charge is -1.97. The van der Waals surface area contributed by atoms with Crippen molar-refractivity contribution in [2.45, 2.75) is 33.1 Å². The van der Waals surface area contributed by atoms with E-state index >= 15 is 0 Å². The molecule has 82 valence electrons. The summed E-state index contributed by atoms with van der Waals surface area (Å²) in [6.45, 7) is 6.69. The molecule has 0 aliphatic heterocycles. The minimum Gasteiger partial charge on any atom is -0.317 e. The lowest BCUT2D eigenvalue weighted by Crippen LogP contribution is -2.13. The molecule has 0 aromatic rings. The second kappa shape index (κ2) is 10.2. The van der Waals surface area contributed by atoms with Gasteiger partial charge in [0.1, 0.15) is 0 Å². The maximum Gasteiger partial charge on any atom is 0.466 e. The van der Waals surface area contributed by atoms with Crippen LogP contribution in [-0.2, 0) is 4.57 Å².